The fourth-order valence-electron chi connectivity index (χ4n) is 2.67. The highest BCUT2D eigenvalue weighted by atomic mass is 32.2. The lowest BCUT2D eigenvalue weighted by molar-refractivity contribution is -0.0523. The summed E-state index contributed by atoms with van der Waals surface area (Å²) in [5.41, 5.74) is -1.42. The van der Waals surface area contributed by atoms with Gasteiger partial charge in [0.2, 0.25) is 10.0 Å². The summed E-state index contributed by atoms with van der Waals surface area (Å²) < 4.78 is 33.8. The Hall–Kier alpha value is -2.23. The molecule has 2 heterocycles. The highest BCUT2D eigenvalue weighted by Crippen LogP contribution is 2.21. The van der Waals surface area contributed by atoms with E-state index in [1.165, 1.54) is 18.2 Å². The Bertz CT molecular complexity index is 1050. The number of allylic oxidation sites excluding steroid dienone is 1. The van der Waals surface area contributed by atoms with Gasteiger partial charge in [-0.2, -0.15) is 0 Å². The molecule has 9 heteroatoms. The highest BCUT2D eigenvalue weighted by molar-refractivity contribution is 7.89. The summed E-state index contributed by atoms with van der Waals surface area (Å²) in [5, 5.41) is 0.140. The third-order valence-corrected chi connectivity index (χ3v) is 5.68. The molecule has 0 saturated carbocycles. The number of ether oxygens (including phenoxy) is 1. The van der Waals surface area contributed by atoms with Gasteiger partial charge in [0, 0.05) is 6.54 Å². The molecule has 0 bridgehead atoms. The number of hydrogen-bond donors (Lipinski definition) is 2. The van der Waals surface area contributed by atoms with Gasteiger partial charge in [0.25, 0.3) is 5.56 Å². The van der Waals surface area contributed by atoms with E-state index in [1.54, 1.807) is 13.0 Å². The lowest BCUT2D eigenvalue weighted by Crippen LogP contribution is -2.59. The van der Waals surface area contributed by atoms with E-state index in [0.717, 1.165) is 4.57 Å². The van der Waals surface area contributed by atoms with E-state index in [4.69, 9.17) is 4.74 Å². The molecule has 2 N–H and O–H groups in total. The molecule has 1 aromatic heterocycles. The van der Waals surface area contributed by atoms with Gasteiger partial charge in [0.1, 0.15) is 0 Å². The molecule has 1 aliphatic rings. The molecule has 0 spiro atoms. The largest absolute Gasteiger partial charge is 0.377 e. The molecule has 1 saturated heterocycles. The Labute approximate surface area is 144 Å². The maximum Gasteiger partial charge on any atom is 0.328 e. The first kappa shape index (κ1) is 17.6. The van der Waals surface area contributed by atoms with Gasteiger partial charge in [-0.05, 0) is 31.5 Å². The molecule has 0 amide bonds. The van der Waals surface area contributed by atoms with Gasteiger partial charge in [0.15, 0.2) is 0 Å². The monoisotopic (exact) mass is 365 g/mol. The van der Waals surface area contributed by atoms with E-state index >= 15 is 0 Å². The molecule has 0 aliphatic carbocycles. The van der Waals surface area contributed by atoms with E-state index < -0.39 is 26.8 Å². The average Bonchev–Trinajstić information content (AvgIpc) is 2.52. The van der Waals surface area contributed by atoms with E-state index in [2.05, 4.69) is 16.3 Å². The van der Waals surface area contributed by atoms with Crippen LogP contribution in [0.15, 0.2) is 45.3 Å². The summed E-state index contributed by atoms with van der Waals surface area (Å²) in [5.74, 6) is 0. The zero-order valence-electron chi connectivity index (χ0n) is 13.7. The van der Waals surface area contributed by atoms with Crippen molar-refractivity contribution in [3.05, 3.63) is 51.7 Å². The molecule has 0 unspecified atom stereocenters. The molecule has 134 valence electrons. The minimum Gasteiger partial charge on any atom is -0.377 e. The van der Waals surface area contributed by atoms with Crippen LogP contribution in [0.2, 0.25) is 0 Å². The van der Waals surface area contributed by atoms with Gasteiger partial charge in [-0.15, -0.1) is 6.58 Å². The number of benzene rings is 1. The summed E-state index contributed by atoms with van der Waals surface area (Å²) in [6.07, 6.45) is 2.05. The van der Waals surface area contributed by atoms with Crippen LogP contribution in [-0.4, -0.2) is 36.7 Å². The Morgan fingerprint density at radius 3 is 2.72 bits per heavy atom. The molecule has 0 radical (unpaired) electrons. The lowest BCUT2D eigenvalue weighted by Gasteiger charge is -2.38. The molecular weight excluding hydrogens is 346 g/mol. The summed E-state index contributed by atoms with van der Waals surface area (Å²) in [6, 6.07) is 4.06. The molecule has 1 aromatic carbocycles. The summed E-state index contributed by atoms with van der Waals surface area (Å²) in [6.45, 7) is 6.08. The third-order valence-electron chi connectivity index (χ3n) is 4.04. The van der Waals surface area contributed by atoms with Gasteiger partial charge < -0.3 is 9.72 Å². The van der Waals surface area contributed by atoms with Crippen LogP contribution in [0.5, 0.6) is 0 Å². The predicted molar refractivity (Wildman–Crippen MR) is 93.2 cm³/mol. The van der Waals surface area contributed by atoms with E-state index in [0.29, 0.717) is 25.2 Å². The van der Waals surface area contributed by atoms with Gasteiger partial charge in [0.05, 0.1) is 34.6 Å². The zero-order chi connectivity index (χ0) is 18.2. The number of nitrogens with zero attached hydrogens (tertiary/aromatic N) is 1. The van der Waals surface area contributed by atoms with E-state index in [-0.39, 0.29) is 16.8 Å². The number of hydrogen-bond acceptors (Lipinski definition) is 5. The van der Waals surface area contributed by atoms with Crippen molar-refractivity contribution in [3.8, 4) is 0 Å². The van der Waals surface area contributed by atoms with Crippen LogP contribution in [0.1, 0.15) is 13.3 Å². The van der Waals surface area contributed by atoms with Crippen LogP contribution in [-0.2, 0) is 21.3 Å². The van der Waals surface area contributed by atoms with Crippen molar-refractivity contribution >= 4 is 20.9 Å². The standard InChI is InChI=1S/C16H19N3O5S/c1-3-4-7-19-14(20)12-8-11(5-6-13(12)17-15(19)21)25(22,23)18-16(2)9-24-10-16/h3,5-6,8,18H,1,4,7,9-10H2,2H3,(H,17,21). The van der Waals surface area contributed by atoms with Crippen molar-refractivity contribution in [1.29, 1.82) is 0 Å². The first-order chi connectivity index (χ1) is 11.8. The van der Waals surface area contributed by atoms with Crippen LogP contribution >= 0.6 is 0 Å². The fourth-order valence-corrected chi connectivity index (χ4v) is 4.08. The predicted octanol–water partition coefficient (Wildman–Crippen LogP) is 0.333. The number of aromatic amines is 1. The Morgan fingerprint density at radius 2 is 2.12 bits per heavy atom. The van der Waals surface area contributed by atoms with Crippen molar-refractivity contribution in [1.82, 2.24) is 14.3 Å². The molecule has 1 aliphatic heterocycles. The lowest BCUT2D eigenvalue weighted by atomic mass is 10.0. The van der Waals surface area contributed by atoms with Crippen molar-refractivity contribution in [2.24, 2.45) is 0 Å². The Balaban J connectivity index is 2.08. The van der Waals surface area contributed by atoms with Gasteiger partial charge >= 0.3 is 5.69 Å². The number of rotatable bonds is 6. The molecule has 2 aromatic rings. The highest BCUT2D eigenvalue weighted by Gasteiger charge is 2.37. The minimum atomic E-state index is -3.81. The molecule has 0 atom stereocenters. The van der Waals surface area contributed by atoms with Crippen LogP contribution < -0.4 is 16.0 Å². The maximum atomic E-state index is 12.6. The second kappa shape index (κ2) is 6.25. The number of aromatic nitrogens is 2. The average molecular weight is 365 g/mol. The van der Waals surface area contributed by atoms with Crippen LogP contribution in [0.25, 0.3) is 10.9 Å². The smallest absolute Gasteiger partial charge is 0.328 e. The number of H-pyrrole nitrogens is 1. The Kier molecular flexibility index (Phi) is 4.40. The minimum absolute atomic E-state index is 0.0347. The van der Waals surface area contributed by atoms with Gasteiger partial charge in [-0.25, -0.2) is 17.9 Å². The normalized spacial score (nSPS) is 16.5. The van der Waals surface area contributed by atoms with E-state index in [9.17, 15) is 18.0 Å². The second-order valence-corrected chi connectivity index (χ2v) is 8.01. The maximum absolute atomic E-state index is 12.6. The second-order valence-electron chi connectivity index (χ2n) is 6.33. The summed E-state index contributed by atoms with van der Waals surface area (Å²) in [7, 11) is -3.81. The van der Waals surface area contributed by atoms with Crippen molar-refractivity contribution < 1.29 is 13.2 Å². The Morgan fingerprint density at radius 1 is 1.40 bits per heavy atom. The number of nitrogens with one attached hydrogen (secondary N) is 2. The molecule has 1 fully saturated rings. The first-order valence-corrected chi connectivity index (χ1v) is 9.24. The number of sulfonamides is 1. The van der Waals surface area contributed by atoms with E-state index in [1.807, 2.05) is 0 Å². The summed E-state index contributed by atoms with van der Waals surface area (Å²) in [4.78, 5) is 27.1. The number of fused-ring (bicyclic) bond motifs is 1. The van der Waals surface area contributed by atoms with Gasteiger partial charge in [-0.3, -0.25) is 9.36 Å². The zero-order valence-corrected chi connectivity index (χ0v) is 14.6. The van der Waals surface area contributed by atoms with Crippen LogP contribution in [0.4, 0.5) is 0 Å². The van der Waals surface area contributed by atoms with Crippen LogP contribution in [0.3, 0.4) is 0 Å². The molecule has 25 heavy (non-hydrogen) atoms. The van der Waals surface area contributed by atoms with Crippen molar-refractivity contribution in [3.63, 3.8) is 0 Å². The first-order valence-electron chi connectivity index (χ1n) is 7.75. The third kappa shape index (κ3) is 3.30. The van der Waals surface area contributed by atoms with Crippen LogP contribution in [0, 0.1) is 0 Å². The van der Waals surface area contributed by atoms with Crippen molar-refractivity contribution in [2.45, 2.75) is 30.3 Å². The molecular formula is C16H19N3O5S. The molecule has 3 rings (SSSR count). The summed E-state index contributed by atoms with van der Waals surface area (Å²) >= 11 is 0. The van der Waals surface area contributed by atoms with Crippen molar-refractivity contribution in [2.75, 3.05) is 13.2 Å². The molecule has 8 nitrogen and oxygen atoms in total. The van der Waals surface area contributed by atoms with Gasteiger partial charge in [-0.1, -0.05) is 6.08 Å². The fraction of sp³-hybridized carbons (Fsp3) is 0.375. The topological polar surface area (TPSA) is 110 Å². The quantitative estimate of drug-likeness (QED) is 0.717. The SMILES string of the molecule is C=CCCn1c(=O)[nH]c2ccc(S(=O)(=O)NC3(C)COC3)cc2c1=O.